The molecular formula is C15H21N3O2S. The third-order valence-corrected chi connectivity index (χ3v) is 4.36. The normalized spacial score (nSPS) is 11.8. The molecule has 21 heavy (non-hydrogen) atoms. The predicted molar refractivity (Wildman–Crippen MR) is 84.8 cm³/mol. The van der Waals surface area contributed by atoms with E-state index in [1.54, 1.807) is 18.2 Å². The number of nitrogens with one attached hydrogen (secondary N) is 3. The Hall–Kier alpha value is -1.79. The number of aromatic nitrogens is 1. The number of hydrogen-bond donors (Lipinski definition) is 3. The highest BCUT2D eigenvalue weighted by Crippen LogP contribution is 2.17. The SMILES string of the molecule is Cc1cccc(NS(=O)(=O)c2c[nH]c(CNC(C)C)c2)c1. The zero-order valence-electron chi connectivity index (χ0n) is 12.5. The van der Waals surface area contributed by atoms with Crippen molar-refractivity contribution in [3.8, 4) is 0 Å². The number of H-pyrrole nitrogens is 1. The van der Waals surface area contributed by atoms with Crippen LogP contribution in [0.25, 0.3) is 0 Å². The Kier molecular flexibility index (Phi) is 4.69. The molecule has 0 aliphatic rings. The zero-order valence-corrected chi connectivity index (χ0v) is 13.3. The summed E-state index contributed by atoms with van der Waals surface area (Å²) in [5, 5.41) is 3.24. The second kappa shape index (κ2) is 6.32. The van der Waals surface area contributed by atoms with Crippen LogP contribution in [0.4, 0.5) is 5.69 Å². The van der Waals surface area contributed by atoms with Gasteiger partial charge in [0.2, 0.25) is 0 Å². The van der Waals surface area contributed by atoms with Gasteiger partial charge in [-0.05, 0) is 30.7 Å². The maximum atomic E-state index is 12.3. The van der Waals surface area contributed by atoms with Crippen LogP contribution in [0.5, 0.6) is 0 Å². The van der Waals surface area contributed by atoms with E-state index < -0.39 is 10.0 Å². The second-order valence-corrected chi connectivity index (χ2v) is 7.05. The first-order chi connectivity index (χ1) is 9.87. The second-order valence-electron chi connectivity index (χ2n) is 5.37. The number of aromatic amines is 1. The van der Waals surface area contributed by atoms with Gasteiger partial charge in [-0.25, -0.2) is 8.42 Å². The third-order valence-electron chi connectivity index (χ3n) is 3.00. The van der Waals surface area contributed by atoms with E-state index in [9.17, 15) is 8.42 Å². The molecule has 1 aromatic heterocycles. The Morgan fingerprint density at radius 2 is 2.00 bits per heavy atom. The lowest BCUT2D eigenvalue weighted by molar-refractivity contribution is 0.582. The molecule has 0 fully saturated rings. The number of rotatable bonds is 6. The van der Waals surface area contributed by atoms with Gasteiger partial charge in [0.05, 0.1) is 0 Å². The van der Waals surface area contributed by atoms with Gasteiger partial charge in [0, 0.05) is 30.2 Å². The molecule has 0 amide bonds. The van der Waals surface area contributed by atoms with Crippen LogP contribution < -0.4 is 10.0 Å². The molecule has 0 aliphatic carbocycles. The molecule has 0 saturated heterocycles. The van der Waals surface area contributed by atoms with Gasteiger partial charge >= 0.3 is 0 Å². The molecule has 3 N–H and O–H groups in total. The molecule has 5 nitrogen and oxygen atoms in total. The van der Waals surface area contributed by atoms with Crippen molar-refractivity contribution >= 4 is 15.7 Å². The van der Waals surface area contributed by atoms with Gasteiger partial charge in [0.25, 0.3) is 10.0 Å². The maximum Gasteiger partial charge on any atom is 0.263 e. The average Bonchev–Trinajstić information content (AvgIpc) is 2.85. The van der Waals surface area contributed by atoms with Gasteiger partial charge in [-0.15, -0.1) is 0 Å². The number of hydrogen-bond acceptors (Lipinski definition) is 3. The van der Waals surface area contributed by atoms with Crippen LogP contribution in [0.1, 0.15) is 25.1 Å². The van der Waals surface area contributed by atoms with Crippen LogP contribution >= 0.6 is 0 Å². The number of aryl methyl sites for hydroxylation is 1. The van der Waals surface area contributed by atoms with Crippen molar-refractivity contribution in [3.63, 3.8) is 0 Å². The topological polar surface area (TPSA) is 74.0 Å². The first kappa shape index (κ1) is 15.6. The van der Waals surface area contributed by atoms with Crippen LogP contribution in [0.3, 0.4) is 0 Å². The Morgan fingerprint density at radius 1 is 1.24 bits per heavy atom. The molecule has 0 bridgehead atoms. The Morgan fingerprint density at radius 3 is 2.67 bits per heavy atom. The van der Waals surface area contributed by atoms with Gasteiger partial charge in [0.1, 0.15) is 4.90 Å². The van der Waals surface area contributed by atoms with Gasteiger partial charge in [-0.2, -0.15) is 0 Å². The van der Waals surface area contributed by atoms with Gasteiger partial charge in [0.15, 0.2) is 0 Å². The summed E-state index contributed by atoms with van der Waals surface area (Å²) in [6.45, 7) is 6.61. The summed E-state index contributed by atoms with van der Waals surface area (Å²) in [5.41, 5.74) is 2.41. The number of sulfonamides is 1. The molecule has 0 aliphatic heterocycles. The van der Waals surface area contributed by atoms with E-state index in [-0.39, 0.29) is 4.90 Å². The number of anilines is 1. The Balaban J connectivity index is 2.12. The fourth-order valence-electron chi connectivity index (χ4n) is 1.91. The van der Waals surface area contributed by atoms with Crippen molar-refractivity contribution in [2.24, 2.45) is 0 Å². The minimum absolute atomic E-state index is 0.240. The van der Waals surface area contributed by atoms with Crippen molar-refractivity contribution in [2.75, 3.05) is 4.72 Å². The molecule has 2 aromatic rings. The predicted octanol–water partition coefficient (Wildman–Crippen LogP) is 2.62. The molecule has 0 spiro atoms. The van der Waals surface area contributed by atoms with Crippen molar-refractivity contribution < 1.29 is 8.42 Å². The molecule has 1 aromatic carbocycles. The van der Waals surface area contributed by atoms with Crippen LogP contribution in [0, 0.1) is 6.92 Å². The molecule has 2 rings (SSSR count). The molecule has 0 radical (unpaired) electrons. The van der Waals surface area contributed by atoms with Crippen LogP contribution in [0.2, 0.25) is 0 Å². The van der Waals surface area contributed by atoms with E-state index in [0.717, 1.165) is 11.3 Å². The summed E-state index contributed by atoms with van der Waals surface area (Å²) in [4.78, 5) is 3.22. The minimum Gasteiger partial charge on any atom is -0.363 e. The van der Waals surface area contributed by atoms with Gasteiger partial charge in [-0.1, -0.05) is 26.0 Å². The van der Waals surface area contributed by atoms with E-state index in [0.29, 0.717) is 18.3 Å². The van der Waals surface area contributed by atoms with Crippen molar-refractivity contribution in [1.82, 2.24) is 10.3 Å². The summed E-state index contributed by atoms with van der Waals surface area (Å²) < 4.78 is 27.2. The molecule has 1 heterocycles. The highest BCUT2D eigenvalue weighted by molar-refractivity contribution is 7.92. The van der Waals surface area contributed by atoms with Crippen LogP contribution in [-0.4, -0.2) is 19.4 Å². The van der Waals surface area contributed by atoms with Crippen LogP contribution in [-0.2, 0) is 16.6 Å². The lowest BCUT2D eigenvalue weighted by atomic mass is 10.2. The van der Waals surface area contributed by atoms with Crippen molar-refractivity contribution in [1.29, 1.82) is 0 Å². The summed E-state index contributed by atoms with van der Waals surface area (Å²) in [7, 11) is -3.56. The third kappa shape index (κ3) is 4.34. The fourth-order valence-corrected chi connectivity index (χ4v) is 2.98. The molecule has 0 saturated carbocycles. The van der Waals surface area contributed by atoms with Crippen molar-refractivity contribution in [3.05, 3.63) is 47.8 Å². The monoisotopic (exact) mass is 307 g/mol. The quantitative estimate of drug-likeness (QED) is 0.768. The molecule has 114 valence electrons. The standard InChI is InChI=1S/C15H21N3O2S/c1-11(2)16-9-14-8-15(10-17-14)21(19,20)18-13-6-4-5-12(3)7-13/h4-8,10-11,16-18H,9H2,1-3H3. The van der Waals surface area contributed by atoms with E-state index in [1.807, 2.05) is 32.9 Å². The Bertz CT molecular complexity index is 705. The summed E-state index contributed by atoms with van der Waals surface area (Å²) in [6, 6.07) is 9.27. The molecule has 6 heteroatoms. The average molecular weight is 307 g/mol. The fraction of sp³-hybridized carbons (Fsp3) is 0.333. The van der Waals surface area contributed by atoms with E-state index in [1.165, 1.54) is 6.20 Å². The van der Waals surface area contributed by atoms with Gasteiger partial charge < -0.3 is 10.3 Å². The zero-order chi connectivity index (χ0) is 15.5. The number of benzene rings is 1. The smallest absolute Gasteiger partial charge is 0.263 e. The highest BCUT2D eigenvalue weighted by atomic mass is 32.2. The highest BCUT2D eigenvalue weighted by Gasteiger charge is 2.16. The van der Waals surface area contributed by atoms with Gasteiger partial charge in [-0.3, -0.25) is 4.72 Å². The molecular weight excluding hydrogens is 286 g/mol. The summed E-state index contributed by atoms with van der Waals surface area (Å²) >= 11 is 0. The van der Waals surface area contributed by atoms with Crippen molar-refractivity contribution in [2.45, 2.75) is 38.3 Å². The lowest BCUT2D eigenvalue weighted by Gasteiger charge is -2.07. The summed E-state index contributed by atoms with van der Waals surface area (Å²) in [6.07, 6.45) is 1.51. The largest absolute Gasteiger partial charge is 0.363 e. The molecule has 0 unspecified atom stereocenters. The first-order valence-electron chi connectivity index (χ1n) is 6.87. The summed E-state index contributed by atoms with van der Waals surface area (Å²) in [5.74, 6) is 0. The minimum atomic E-state index is -3.56. The maximum absolute atomic E-state index is 12.3. The Labute approximate surface area is 125 Å². The van der Waals surface area contributed by atoms with Crippen LogP contribution in [0.15, 0.2) is 41.4 Å². The van der Waals surface area contributed by atoms with E-state index in [2.05, 4.69) is 15.0 Å². The molecule has 0 atom stereocenters. The van der Waals surface area contributed by atoms with E-state index >= 15 is 0 Å². The lowest BCUT2D eigenvalue weighted by Crippen LogP contribution is -2.21. The van der Waals surface area contributed by atoms with E-state index in [4.69, 9.17) is 0 Å². The first-order valence-corrected chi connectivity index (χ1v) is 8.35.